The van der Waals surface area contributed by atoms with Crippen LogP contribution in [-0.4, -0.2) is 43.4 Å². The van der Waals surface area contributed by atoms with Gasteiger partial charge in [0.05, 0.1) is 16.5 Å². The molecular formula is C23H26N4O4S2. The minimum absolute atomic E-state index is 0.220. The maximum atomic E-state index is 12.4. The Morgan fingerprint density at radius 2 is 2.09 bits per heavy atom. The van der Waals surface area contributed by atoms with Crippen LogP contribution in [0.2, 0.25) is 0 Å². The number of aromatic amines is 1. The average Bonchev–Trinajstić information content (AvgIpc) is 3.49. The number of sulfonamides is 1. The minimum Gasteiger partial charge on any atom is -0.492 e. The molecule has 2 heterocycles. The first-order valence-corrected chi connectivity index (χ1v) is 13.0. The first-order chi connectivity index (χ1) is 16.0. The molecule has 2 aromatic carbocycles. The molecule has 4 N–H and O–H groups in total. The number of fused-ring (bicyclic) bond motifs is 1. The maximum absolute atomic E-state index is 12.4. The summed E-state index contributed by atoms with van der Waals surface area (Å²) in [7, 11) is -3.64. The van der Waals surface area contributed by atoms with Gasteiger partial charge in [-0.1, -0.05) is 19.1 Å². The van der Waals surface area contributed by atoms with E-state index in [1.165, 1.54) is 11.3 Å². The maximum Gasteiger partial charge on any atom is 0.262 e. The van der Waals surface area contributed by atoms with Crippen LogP contribution in [0.5, 0.6) is 5.75 Å². The molecule has 0 unspecified atom stereocenters. The fourth-order valence-electron chi connectivity index (χ4n) is 3.43. The van der Waals surface area contributed by atoms with Gasteiger partial charge in [-0.05, 0) is 47.7 Å². The Morgan fingerprint density at radius 3 is 2.88 bits per heavy atom. The summed E-state index contributed by atoms with van der Waals surface area (Å²) in [6.45, 7) is 3.36. The van der Waals surface area contributed by atoms with E-state index < -0.39 is 16.1 Å². The Labute approximate surface area is 196 Å². The molecule has 4 aromatic rings. The summed E-state index contributed by atoms with van der Waals surface area (Å²) in [5.74, 6) is 0.740. The summed E-state index contributed by atoms with van der Waals surface area (Å²) in [5, 5.41) is 25.4. The van der Waals surface area contributed by atoms with Gasteiger partial charge in [0, 0.05) is 41.3 Å². The molecule has 0 fully saturated rings. The molecule has 0 aliphatic heterocycles. The van der Waals surface area contributed by atoms with Crippen LogP contribution in [0.3, 0.4) is 0 Å². The van der Waals surface area contributed by atoms with E-state index in [0.717, 1.165) is 28.8 Å². The first kappa shape index (κ1) is 23.2. The van der Waals surface area contributed by atoms with Crippen molar-refractivity contribution in [2.45, 2.75) is 24.3 Å². The molecule has 4 rings (SSSR count). The zero-order chi connectivity index (χ0) is 23.3. The predicted molar refractivity (Wildman–Crippen MR) is 130 cm³/mol. The number of thiophene rings is 1. The number of nitrogens with one attached hydrogen (secondary N) is 3. The summed E-state index contributed by atoms with van der Waals surface area (Å²) in [6, 6.07) is 14.1. The number of hydrogen-bond acceptors (Lipinski definition) is 7. The Hall–Kier alpha value is -2.92. The van der Waals surface area contributed by atoms with E-state index in [4.69, 9.17) is 4.74 Å². The number of rotatable bonds is 11. The molecule has 0 radical (unpaired) electrons. The molecule has 2 aromatic heterocycles. The number of nitrogens with zero attached hydrogens (tertiary/aromatic N) is 1. The molecule has 33 heavy (non-hydrogen) atoms. The van der Waals surface area contributed by atoms with Crippen LogP contribution in [0.1, 0.15) is 24.3 Å². The second-order valence-corrected chi connectivity index (χ2v) is 9.96. The SMILES string of the molecule is CCc1[nH]nc2cc(OCCNC[C@H](O)c3cccc(NS(=O)(=O)c4ccsc4)c3)ccc12. The number of aryl methyl sites for hydroxylation is 1. The lowest BCUT2D eigenvalue weighted by Crippen LogP contribution is -2.26. The Bertz CT molecular complexity index is 1300. The molecule has 174 valence electrons. The van der Waals surface area contributed by atoms with Crippen molar-refractivity contribution < 1.29 is 18.3 Å². The second-order valence-electron chi connectivity index (χ2n) is 7.49. The molecule has 0 saturated heterocycles. The Morgan fingerprint density at radius 1 is 1.21 bits per heavy atom. The number of aliphatic hydroxyl groups excluding tert-OH is 1. The quantitative estimate of drug-likeness (QED) is 0.240. The van der Waals surface area contributed by atoms with Crippen LogP contribution in [0.25, 0.3) is 10.9 Å². The number of H-pyrrole nitrogens is 1. The van der Waals surface area contributed by atoms with Crippen molar-refractivity contribution >= 4 is 38.0 Å². The first-order valence-electron chi connectivity index (χ1n) is 10.6. The number of benzene rings is 2. The Balaban J connectivity index is 1.25. The summed E-state index contributed by atoms with van der Waals surface area (Å²) in [5.41, 5.74) is 3.00. The van der Waals surface area contributed by atoms with Crippen molar-refractivity contribution in [3.63, 3.8) is 0 Å². The molecule has 0 aliphatic carbocycles. The summed E-state index contributed by atoms with van der Waals surface area (Å²) in [6.07, 6.45) is 0.107. The highest BCUT2D eigenvalue weighted by Crippen LogP contribution is 2.23. The van der Waals surface area contributed by atoms with Crippen molar-refractivity contribution in [3.05, 3.63) is 70.5 Å². The monoisotopic (exact) mass is 486 g/mol. The van der Waals surface area contributed by atoms with Gasteiger partial charge in [0.25, 0.3) is 10.0 Å². The van der Waals surface area contributed by atoms with E-state index >= 15 is 0 Å². The van der Waals surface area contributed by atoms with Crippen molar-refractivity contribution in [2.75, 3.05) is 24.4 Å². The lowest BCUT2D eigenvalue weighted by Gasteiger charge is -2.14. The van der Waals surface area contributed by atoms with Gasteiger partial charge in [-0.3, -0.25) is 9.82 Å². The van der Waals surface area contributed by atoms with Crippen LogP contribution in [0.4, 0.5) is 5.69 Å². The van der Waals surface area contributed by atoms with Gasteiger partial charge in [0.1, 0.15) is 12.4 Å². The molecule has 8 nitrogen and oxygen atoms in total. The molecule has 1 atom stereocenters. The highest BCUT2D eigenvalue weighted by Gasteiger charge is 2.15. The fraction of sp³-hybridized carbons (Fsp3) is 0.261. The fourth-order valence-corrected chi connectivity index (χ4v) is 5.51. The van der Waals surface area contributed by atoms with Crippen molar-refractivity contribution in [1.82, 2.24) is 15.5 Å². The van der Waals surface area contributed by atoms with E-state index in [9.17, 15) is 13.5 Å². The normalized spacial score (nSPS) is 12.7. The van der Waals surface area contributed by atoms with Crippen molar-refractivity contribution in [3.8, 4) is 5.75 Å². The van der Waals surface area contributed by atoms with Crippen LogP contribution in [-0.2, 0) is 16.4 Å². The topological polar surface area (TPSA) is 116 Å². The van der Waals surface area contributed by atoms with Crippen LogP contribution < -0.4 is 14.8 Å². The van der Waals surface area contributed by atoms with Crippen LogP contribution in [0.15, 0.2) is 64.2 Å². The van der Waals surface area contributed by atoms with Gasteiger partial charge in [0.2, 0.25) is 0 Å². The molecule has 10 heteroatoms. The van der Waals surface area contributed by atoms with Crippen molar-refractivity contribution in [1.29, 1.82) is 0 Å². The molecular weight excluding hydrogens is 460 g/mol. The third-order valence-electron chi connectivity index (χ3n) is 5.17. The smallest absolute Gasteiger partial charge is 0.262 e. The van der Waals surface area contributed by atoms with E-state index in [1.807, 2.05) is 18.2 Å². The molecule has 0 spiro atoms. The summed E-state index contributed by atoms with van der Waals surface area (Å²) >= 11 is 1.32. The lowest BCUT2D eigenvalue weighted by atomic mass is 10.1. The zero-order valence-electron chi connectivity index (χ0n) is 18.1. The number of aromatic nitrogens is 2. The standard InChI is InChI=1S/C23H26N4O4S2/c1-2-21-20-7-6-18(13-22(20)26-25-21)31-10-9-24-14-23(28)16-4-3-5-17(12-16)27-33(29,30)19-8-11-32-15-19/h3-8,11-13,15,23-24,27-28H,2,9-10,14H2,1H3,(H,25,26)/t23-/m0/s1. The van der Waals surface area contributed by atoms with Crippen molar-refractivity contribution in [2.24, 2.45) is 0 Å². The van der Waals surface area contributed by atoms with Gasteiger partial charge in [-0.25, -0.2) is 8.42 Å². The highest BCUT2D eigenvalue weighted by molar-refractivity contribution is 7.92. The third kappa shape index (κ3) is 5.72. The highest BCUT2D eigenvalue weighted by atomic mass is 32.2. The predicted octanol–water partition coefficient (Wildman–Crippen LogP) is 3.69. The van der Waals surface area contributed by atoms with Gasteiger partial charge in [-0.2, -0.15) is 16.4 Å². The van der Waals surface area contributed by atoms with E-state index in [0.29, 0.717) is 30.9 Å². The van der Waals surface area contributed by atoms with Gasteiger partial charge < -0.3 is 15.2 Å². The van der Waals surface area contributed by atoms with E-state index in [1.54, 1.807) is 41.1 Å². The number of aliphatic hydroxyl groups is 1. The summed E-state index contributed by atoms with van der Waals surface area (Å²) in [4.78, 5) is 0.220. The molecule has 0 amide bonds. The lowest BCUT2D eigenvalue weighted by molar-refractivity contribution is 0.172. The van der Waals surface area contributed by atoms with Crippen LogP contribution >= 0.6 is 11.3 Å². The number of anilines is 1. The largest absolute Gasteiger partial charge is 0.492 e. The van der Waals surface area contributed by atoms with Crippen LogP contribution in [0, 0.1) is 0 Å². The summed E-state index contributed by atoms with van der Waals surface area (Å²) < 4.78 is 33.1. The van der Waals surface area contributed by atoms with Gasteiger partial charge in [-0.15, -0.1) is 0 Å². The minimum atomic E-state index is -3.64. The third-order valence-corrected chi connectivity index (χ3v) is 7.38. The number of ether oxygens (including phenoxy) is 1. The van der Waals surface area contributed by atoms with Gasteiger partial charge in [0.15, 0.2) is 0 Å². The van der Waals surface area contributed by atoms with Gasteiger partial charge >= 0.3 is 0 Å². The van der Waals surface area contributed by atoms with E-state index in [2.05, 4.69) is 27.2 Å². The number of hydrogen-bond donors (Lipinski definition) is 4. The molecule has 0 saturated carbocycles. The Kier molecular flexibility index (Phi) is 7.29. The molecule has 0 aliphatic rings. The zero-order valence-corrected chi connectivity index (χ0v) is 19.7. The van der Waals surface area contributed by atoms with E-state index in [-0.39, 0.29) is 4.90 Å². The molecule has 0 bridgehead atoms. The second kappa shape index (κ2) is 10.3. The average molecular weight is 487 g/mol.